The first-order chi connectivity index (χ1) is 18.7. The van der Waals surface area contributed by atoms with Crippen LogP contribution in [0.1, 0.15) is 36.8 Å². The predicted molar refractivity (Wildman–Crippen MR) is 144 cm³/mol. The molecule has 1 aromatic heterocycles. The molecular formula is C28H23ClN4O6. The number of nitrogens with one attached hydrogen (secondary N) is 3. The van der Waals surface area contributed by atoms with Crippen LogP contribution in [0.3, 0.4) is 0 Å². The number of carboxylic acids is 1. The van der Waals surface area contributed by atoms with Gasteiger partial charge in [0.05, 0.1) is 10.6 Å². The van der Waals surface area contributed by atoms with E-state index in [4.69, 9.17) is 11.6 Å². The number of nitrogens with zero attached hydrogens (tertiary/aromatic N) is 1. The van der Waals surface area contributed by atoms with E-state index in [0.29, 0.717) is 10.9 Å². The Hall–Kier alpha value is -4.96. The van der Waals surface area contributed by atoms with Crippen molar-refractivity contribution in [3.63, 3.8) is 0 Å². The number of halogens is 1. The van der Waals surface area contributed by atoms with E-state index >= 15 is 0 Å². The van der Waals surface area contributed by atoms with Crippen molar-refractivity contribution in [2.45, 2.75) is 12.6 Å². The van der Waals surface area contributed by atoms with Gasteiger partial charge in [0.15, 0.2) is 0 Å². The van der Waals surface area contributed by atoms with Gasteiger partial charge in [-0.2, -0.15) is 0 Å². The molecule has 10 nitrogen and oxygen atoms in total. The molecule has 0 unspecified atom stereocenters. The molecule has 0 aliphatic carbocycles. The molecule has 0 aliphatic rings. The minimum atomic E-state index is -1.46. The van der Waals surface area contributed by atoms with Crippen molar-refractivity contribution in [1.82, 2.24) is 20.9 Å². The molecule has 0 bridgehead atoms. The van der Waals surface area contributed by atoms with Crippen molar-refractivity contribution >= 4 is 46.1 Å². The first-order valence-corrected chi connectivity index (χ1v) is 12.1. The lowest BCUT2D eigenvalue weighted by Gasteiger charge is -2.16. The van der Waals surface area contributed by atoms with Crippen LogP contribution in [-0.2, 0) is 11.3 Å². The minimum Gasteiger partial charge on any atom is -0.508 e. The minimum absolute atomic E-state index is 0.0468. The van der Waals surface area contributed by atoms with Gasteiger partial charge in [-0.3, -0.25) is 19.4 Å². The first-order valence-electron chi connectivity index (χ1n) is 11.7. The van der Waals surface area contributed by atoms with Gasteiger partial charge in [-0.15, -0.1) is 0 Å². The Labute approximate surface area is 227 Å². The summed E-state index contributed by atoms with van der Waals surface area (Å²) in [6, 6.07) is 17.8. The number of phenolic OH excluding ortho intramolecular Hbond substituents is 1. The Morgan fingerprint density at radius 2 is 1.67 bits per heavy atom. The Balaban J connectivity index is 1.38. The lowest BCUT2D eigenvalue weighted by molar-refractivity contribution is -0.139. The number of aromatic hydroxyl groups is 1. The summed E-state index contributed by atoms with van der Waals surface area (Å²) in [5.74, 6) is -3.14. The lowest BCUT2D eigenvalue weighted by Crippen LogP contribution is -2.48. The van der Waals surface area contributed by atoms with Crippen LogP contribution in [-0.4, -0.2) is 51.5 Å². The fourth-order valence-electron chi connectivity index (χ4n) is 3.81. The number of aliphatic carboxylic acids is 1. The maximum atomic E-state index is 12.8. The van der Waals surface area contributed by atoms with E-state index in [2.05, 4.69) is 20.9 Å². The van der Waals surface area contributed by atoms with Crippen molar-refractivity contribution < 1.29 is 29.4 Å². The molecule has 198 valence electrons. The predicted octanol–water partition coefficient (Wildman–Crippen LogP) is 3.14. The SMILES string of the molecule is O=C(NCc1cccc(O)c1)c1ccc(C(=O)N[C@@H](CNC(=O)c2nccc3ccccc23)C(=O)O)c(Cl)c1. The van der Waals surface area contributed by atoms with E-state index in [0.717, 1.165) is 5.39 Å². The van der Waals surface area contributed by atoms with E-state index in [9.17, 15) is 29.4 Å². The lowest BCUT2D eigenvalue weighted by atomic mass is 10.1. The van der Waals surface area contributed by atoms with Gasteiger partial charge in [0.25, 0.3) is 17.7 Å². The maximum Gasteiger partial charge on any atom is 0.328 e. The van der Waals surface area contributed by atoms with Gasteiger partial charge in [0.1, 0.15) is 17.5 Å². The van der Waals surface area contributed by atoms with Gasteiger partial charge in [-0.05, 0) is 47.3 Å². The van der Waals surface area contributed by atoms with Gasteiger partial charge in [0.2, 0.25) is 0 Å². The summed E-state index contributed by atoms with van der Waals surface area (Å²) in [6.07, 6.45) is 1.48. The van der Waals surface area contributed by atoms with Crippen LogP contribution in [0.15, 0.2) is 79.0 Å². The molecular weight excluding hydrogens is 524 g/mol. The van der Waals surface area contributed by atoms with Gasteiger partial charge in [-0.25, -0.2) is 4.79 Å². The number of carbonyl (C=O) groups excluding carboxylic acids is 3. The Morgan fingerprint density at radius 3 is 2.41 bits per heavy atom. The third kappa shape index (κ3) is 6.68. The van der Waals surface area contributed by atoms with E-state index in [-0.39, 0.29) is 34.1 Å². The van der Waals surface area contributed by atoms with Crippen LogP contribution < -0.4 is 16.0 Å². The molecule has 0 saturated heterocycles. The van der Waals surface area contributed by atoms with Gasteiger partial charge < -0.3 is 26.2 Å². The maximum absolute atomic E-state index is 12.8. The molecule has 0 saturated carbocycles. The number of amides is 3. The second-order valence-corrected chi connectivity index (χ2v) is 8.91. The number of pyridine rings is 1. The molecule has 5 N–H and O–H groups in total. The summed E-state index contributed by atoms with van der Waals surface area (Å²) in [6.45, 7) is -0.245. The Morgan fingerprint density at radius 1 is 0.872 bits per heavy atom. The summed E-state index contributed by atoms with van der Waals surface area (Å²) in [5, 5.41) is 28.0. The van der Waals surface area contributed by atoms with Crippen molar-refractivity contribution in [2.75, 3.05) is 6.54 Å². The molecule has 1 heterocycles. The van der Waals surface area contributed by atoms with Crippen molar-refractivity contribution in [3.05, 3.63) is 106 Å². The second kappa shape index (κ2) is 12.1. The monoisotopic (exact) mass is 546 g/mol. The van der Waals surface area contributed by atoms with Crippen molar-refractivity contribution in [2.24, 2.45) is 0 Å². The first kappa shape index (κ1) is 27.1. The van der Waals surface area contributed by atoms with Crippen LogP contribution in [0.5, 0.6) is 5.75 Å². The van der Waals surface area contributed by atoms with Gasteiger partial charge in [-0.1, -0.05) is 48.0 Å². The van der Waals surface area contributed by atoms with Crippen LogP contribution >= 0.6 is 11.6 Å². The zero-order valence-corrected chi connectivity index (χ0v) is 21.1. The summed E-state index contributed by atoms with van der Waals surface area (Å²) >= 11 is 6.23. The zero-order valence-electron chi connectivity index (χ0n) is 20.3. The molecule has 0 aliphatic heterocycles. The second-order valence-electron chi connectivity index (χ2n) is 8.50. The van der Waals surface area contributed by atoms with Crippen LogP contribution in [0.25, 0.3) is 10.8 Å². The molecule has 3 amide bonds. The topological polar surface area (TPSA) is 158 Å². The smallest absolute Gasteiger partial charge is 0.328 e. The molecule has 3 aromatic carbocycles. The molecule has 0 spiro atoms. The number of carbonyl (C=O) groups is 4. The third-order valence-electron chi connectivity index (χ3n) is 5.80. The number of hydrogen-bond acceptors (Lipinski definition) is 6. The van der Waals surface area contributed by atoms with Crippen LogP contribution in [0.2, 0.25) is 5.02 Å². The molecule has 4 rings (SSSR count). The Kier molecular flexibility index (Phi) is 8.37. The van der Waals surface area contributed by atoms with E-state index < -0.39 is 36.3 Å². The molecule has 0 radical (unpaired) electrons. The van der Waals surface area contributed by atoms with Gasteiger partial charge >= 0.3 is 5.97 Å². The number of phenols is 1. The number of hydrogen-bond donors (Lipinski definition) is 5. The van der Waals surface area contributed by atoms with Crippen molar-refractivity contribution in [1.29, 1.82) is 0 Å². The average Bonchev–Trinajstić information content (AvgIpc) is 2.93. The summed E-state index contributed by atoms with van der Waals surface area (Å²) < 4.78 is 0. The summed E-state index contributed by atoms with van der Waals surface area (Å²) in [5.41, 5.74) is 0.953. The standard InChI is InChI=1S/C28H23ClN4O6/c29-22-13-18(25(35)31-14-16-4-3-6-19(34)12-16)8-9-21(22)26(36)33-23(28(38)39)15-32-27(37)24-20-7-2-1-5-17(20)10-11-30-24/h1-13,23,34H,14-15H2,(H,31,35)(H,32,37)(H,33,36)(H,38,39)/t23-/m0/s1. The van der Waals surface area contributed by atoms with Crippen molar-refractivity contribution in [3.8, 4) is 5.75 Å². The normalized spacial score (nSPS) is 11.4. The third-order valence-corrected chi connectivity index (χ3v) is 6.11. The van der Waals surface area contributed by atoms with E-state index in [1.807, 2.05) is 12.1 Å². The highest BCUT2D eigenvalue weighted by atomic mass is 35.5. The quantitative estimate of drug-likeness (QED) is 0.216. The molecule has 0 fully saturated rings. The number of rotatable bonds is 9. The summed E-state index contributed by atoms with van der Waals surface area (Å²) in [7, 11) is 0. The zero-order chi connectivity index (χ0) is 27.9. The van der Waals surface area contributed by atoms with Gasteiger partial charge in [0, 0.05) is 30.2 Å². The van der Waals surface area contributed by atoms with E-state index in [1.165, 1.54) is 36.5 Å². The summed E-state index contributed by atoms with van der Waals surface area (Å²) in [4.78, 5) is 53.9. The molecule has 4 aromatic rings. The molecule has 39 heavy (non-hydrogen) atoms. The molecule has 11 heteroatoms. The fourth-order valence-corrected chi connectivity index (χ4v) is 4.07. The highest BCUT2D eigenvalue weighted by Crippen LogP contribution is 2.19. The number of benzene rings is 3. The Bertz CT molecular complexity index is 1570. The average molecular weight is 547 g/mol. The number of aromatic nitrogens is 1. The largest absolute Gasteiger partial charge is 0.508 e. The fraction of sp³-hybridized carbons (Fsp3) is 0.107. The number of fused-ring (bicyclic) bond motifs is 1. The van der Waals surface area contributed by atoms with Crippen LogP contribution in [0.4, 0.5) is 0 Å². The van der Waals surface area contributed by atoms with E-state index in [1.54, 1.807) is 30.3 Å². The highest BCUT2D eigenvalue weighted by molar-refractivity contribution is 6.34. The molecule has 1 atom stereocenters. The highest BCUT2D eigenvalue weighted by Gasteiger charge is 2.24. The number of carboxylic acid groups (broad SMARTS) is 1. The van der Waals surface area contributed by atoms with Crippen LogP contribution in [0, 0.1) is 0 Å².